The van der Waals surface area contributed by atoms with Gasteiger partial charge in [-0.1, -0.05) is 37.6 Å². The van der Waals surface area contributed by atoms with Crippen molar-refractivity contribution in [3.63, 3.8) is 0 Å². The third-order valence-corrected chi connectivity index (χ3v) is 3.76. The second kappa shape index (κ2) is 5.49. The van der Waals surface area contributed by atoms with Crippen molar-refractivity contribution in [2.24, 2.45) is 5.73 Å². The van der Waals surface area contributed by atoms with Crippen LogP contribution in [0.15, 0.2) is 24.3 Å². The summed E-state index contributed by atoms with van der Waals surface area (Å²) in [4.78, 5) is 0. The average Bonchev–Trinajstić information content (AvgIpc) is 2.32. The van der Waals surface area contributed by atoms with Gasteiger partial charge in [0.1, 0.15) is 0 Å². The molecule has 0 amide bonds. The lowest BCUT2D eigenvalue weighted by molar-refractivity contribution is 0.395. The molecule has 0 aliphatic heterocycles. The van der Waals surface area contributed by atoms with E-state index in [1.807, 2.05) is 0 Å². The Kier molecular flexibility index (Phi) is 4.00. The van der Waals surface area contributed by atoms with E-state index in [9.17, 15) is 0 Å². The van der Waals surface area contributed by atoms with Crippen molar-refractivity contribution in [1.82, 2.24) is 0 Å². The van der Waals surface area contributed by atoms with Gasteiger partial charge >= 0.3 is 0 Å². The molecule has 2 rings (SSSR count). The summed E-state index contributed by atoms with van der Waals surface area (Å²) in [6, 6.07) is 9.70. The largest absolute Gasteiger partial charge is 0.328 e. The van der Waals surface area contributed by atoms with E-state index in [2.05, 4.69) is 31.2 Å². The van der Waals surface area contributed by atoms with Gasteiger partial charge in [0, 0.05) is 6.04 Å². The van der Waals surface area contributed by atoms with Crippen molar-refractivity contribution in [3.8, 4) is 0 Å². The number of rotatable bonds is 3. The van der Waals surface area contributed by atoms with E-state index in [0.29, 0.717) is 6.04 Å². The molecule has 0 saturated heterocycles. The van der Waals surface area contributed by atoms with E-state index < -0.39 is 0 Å². The van der Waals surface area contributed by atoms with E-state index in [4.69, 9.17) is 5.73 Å². The summed E-state index contributed by atoms with van der Waals surface area (Å²) >= 11 is 0. The van der Waals surface area contributed by atoms with Crippen LogP contribution in [0.25, 0.3) is 0 Å². The van der Waals surface area contributed by atoms with Crippen molar-refractivity contribution >= 4 is 0 Å². The predicted molar refractivity (Wildman–Crippen MR) is 69.6 cm³/mol. The Balaban J connectivity index is 1.98. The van der Waals surface area contributed by atoms with Crippen LogP contribution in [0.4, 0.5) is 0 Å². The van der Waals surface area contributed by atoms with Gasteiger partial charge in [-0.15, -0.1) is 0 Å². The second-order valence-corrected chi connectivity index (χ2v) is 5.10. The maximum Gasteiger partial charge on any atom is 0.00392 e. The topological polar surface area (TPSA) is 26.0 Å². The summed E-state index contributed by atoms with van der Waals surface area (Å²) in [5.41, 5.74) is 8.93. The van der Waals surface area contributed by atoms with Gasteiger partial charge in [0.25, 0.3) is 0 Å². The molecule has 0 aromatic heterocycles. The van der Waals surface area contributed by atoms with Crippen LogP contribution in [-0.2, 0) is 6.42 Å². The molecule has 1 heteroatoms. The summed E-state index contributed by atoms with van der Waals surface area (Å²) in [7, 11) is 0. The fourth-order valence-corrected chi connectivity index (χ4v) is 2.70. The highest BCUT2D eigenvalue weighted by atomic mass is 14.6. The summed E-state index contributed by atoms with van der Waals surface area (Å²) in [6.45, 7) is 2.23. The minimum absolute atomic E-state index is 0.454. The molecular weight excluding hydrogens is 194 g/mol. The summed E-state index contributed by atoms with van der Waals surface area (Å²) in [5, 5.41) is 0. The molecule has 0 atom stereocenters. The van der Waals surface area contributed by atoms with Gasteiger partial charge < -0.3 is 5.73 Å². The van der Waals surface area contributed by atoms with Gasteiger partial charge in [-0.3, -0.25) is 0 Å². The molecule has 1 aliphatic rings. The van der Waals surface area contributed by atoms with E-state index in [0.717, 1.165) is 5.92 Å². The first-order valence-corrected chi connectivity index (χ1v) is 6.64. The first-order chi connectivity index (χ1) is 7.79. The van der Waals surface area contributed by atoms with E-state index in [-0.39, 0.29) is 0 Å². The zero-order valence-corrected chi connectivity index (χ0v) is 10.3. The van der Waals surface area contributed by atoms with Crippen LogP contribution in [-0.4, -0.2) is 6.04 Å². The number of aryl methyl sites for hydroxylation is 1. The smallest absolute Gasteiger partial charge is 0.00392 e. The van der Waals surface area contributed by atoms with E-state index >= 15 is 0 Å². The third kappa shape index (κ3) is 2.85. The first kappa shape index (κ1) is 11.7. The second-order valence-electron chi connectivity index (χ2n) is 5.10. The zero-order chi connectivity index (χ0) is 11.4. The van der Waals surface area contributed by atoms with Crippen molar-refractivity contribution in [2.45, 2.75) is 57.4 Å². The molecular formula is C15H23N. The number of hydrogen-bond acceptors (Lipinski definition) is 1. The minimum atomic E-state index is 0.454. The highest BCUT2D eigenvalue weighted by molar-refractivity contribution is 5.25. The molecule has 1 nitrogen and oxygen atoms in total. The Morgan fingerprint density at radius 1 is 1.06 bits per heavy atom. The highest BCUT2D eigenvalue weighted by Gasteiger charge is 2.19. The van der Waals surface area contributed by atoms with E-state index in [1.165, 1.54) is 49.7 Å². The molecule has 1 saturated carbocycles. The monoisotopic (exact) mass is 217 g/mol. The summed E-state index contributed by atoms with van der Waals surface area (Å²) < 4.78 is 0. The maximum atomic E-state index is 5.94. The van der Waals surface area contributed by atoms with Gasteiger partial charge in [-0.2, -0.15) is 0 Å². The van der Waals surface area contributed by atoms with Crippen molar-refractivity contribution < 1.29 is 0 Å². The van der Waals surface area contributed by atoms with Crippen molar-refractivity contribution in [1.29, 1.82) is 0 Å². The molecule has 1 aliphatic carbocycles. The van der Waals surface area contributed by atoms with Crippen LogP contribution in [0.3, 0.4) is 0 Å². The highest BCUT2D eigenvalue weighted by Crippen LogP contribution is 2.32. The number of benzene rings is 1. The SMILES string of the molecule is CCCc1ccc(C2CCC(N)CC2)cc1. The van der Waals surface area contributed by atoms with Crippen LogP contribution in [0.5, 0.6) is 0 Å². The lowest BCUT2D eigenvalue weighted by Crippen LogP contribution is -2.25. The normalized spacial score (nSPS) is 25.6. The molecule has 16 heavy (non-hydrogen) atoms. The lowest BCUT2D eigenvalue weighted by Gasteiger charge is -2.26. The van der Waals surface area contributed by atoms with Gasteiger partial charge in [-0.05, 0) is 49.1 Å². The Hall–Kier alpha value is -0.820. The van der Waals surface area contributed by atoms with Gasteiger partial charge in [0.2, 0.25) is 0 Å². The third-order valence-electron chi connectivity index (χ3n) is 3.76. The van der Waals surface area contributed by atoms with Gasteiger partial charge in [-0.25, -0.2) is 0 Å². The molecule has 0 heterocycles. The summed E-state index contributed by atoms with van der Waals surface area (Å²) in [5.74, 6) is 0.760. The Morgan fingerprint density at radius 2 is 1.69 bits per heavy atom. The quantitative estimate of drug-likeness (QED) is 0.822. The van der Waals surface area contributed by atoms with Crippen molar-refractivity contribution in [2.75, 3.05) is 0 Å². The Morgan fingerprint density at radius 3 is 2.25 bits per heavy atom. The molecule has 1 fully saturated rings. The number of nitrogens with two attached hydrogens (primary N) is 1. The van der Waals surface area contributed by atoms with E-state index in [1.54, 1.807) is 0 Å². The molecule has 88 valence electrons. The zero-order valence-electron chi connectivity index (χ0n) is 10.3. The lowest BCUT2D eigenvalue weighted by atomic mass is 9.82. The molecule has 2 N–H and O–H groups in total. The molecule has 0 bridgehead atoms. The predicted octanol–water partition coefficient (Wildman–Crippen LogP) is 3.62. The number of hydrogen-bond donors (Lipinski definition) is 1. The molecule has 0 unspecified atom stereocenters. The van der Waals surface area contributed by atoms with Crippen LogP contribution in [0, 0.1) is 0 Å². The van der Waals surface area contributed by atoms with Gasteiger partial charge in [0.15, 0.2) is 0 Å². The fraction of sp³-hybridized carbons (Fsp3) is 0.600. The Labute approximate surface area is 99.0 Å². The maximum absolute atomic E-state index is 5.94. The molecule has 0 radical (unpaired) electrons. The summed E-state index contributed by atoms with van der Waals surface area (Å²) in [6.07, 6.45) is 7.37. The average molecular weight is 217 g/mol. The van der Waals surface area contributed by atoms with Crippen LogP contribution in [0.2, 0.25) is 0 Å². The molecule has 1 aromatic rings. The Bertz CT molecular complexity index is 307. The minimum Gasteiger partial charge on any atom is -0.328 e. The van der Waals surface area contributed by atoms with Crippen molar-refractivity contribution in [3.05, 3.63) is 35.4 Å². The fourth-order valence-electron chi connectivity index (χ4n) is 2.70. The standard InChI is InChI=1S/C15H23N/c1-2-3-12-4-6-13(7-5-12)14-8-10-15(16)11-9-14/h4-7,14-15H,2-3,8-11,16H2,1H3. The first-order valence-electron chi connectivity index (χ1n) is 6.64. The van der Waals surface area contributed by atoms with Crippen LogP contribution >= 0.6 is 0 Å². The molecule has 0 spiro atoms. The molecule has 1 aromatic carbocycles. The van der Waals surface area contributed by atoms with Crippen LogP contribution in [0.1, 0.15) is 56.1 Å². The van der Waals surface area contributed by atoms with Gasteiger partial charge in [0.05, 0.1) is 0 Å². The van der Waals surface area contributed by atoms with Crippen LogP contribution < -0.4 is 5.73 Å².